The Hall–Kier alpha value is -3.78. The standard InChI is InChI=1S/C21H30N8O6/c1-11(30)17(22)19(32)27-14(5-12-7-23-9-25-12)20(33)29-4-2-3-16(29)18(31)28-15(21(34)35)6-13-8-24-10-26-13/h7-11,14-17,30H,2-6,22H2,1H3,(H,23,25)(H,24,26)(H,27,32)(H,28,31)(H,34,35). The Bertz CT molecular complexity index is 1010. The van der Waals surface area contributed by atoms with Crippen molar-refractivity contribution in [3.05, 3.63) is 36.4 Å². The number of hydrogen-bond acceptors (Lipinski definition) is 8. The van der Waals surface area contributed by atoms with E-state index in [4.69, 9.17) is 5.73 Å². The minimum absolute atomic E-state index is 0.00250. The predicted molar refractivity (Wildman–Crippen MR) is 120 cm³/mol. The molecule has 0 bridgehead atoms. The van der Waals surface area contributed by atoms with Gasteiger partial charge in [0.25, 0.3) is 0 Å². The molecular formula is C21H30N8O6. The summed E-state index contributed by atoms with van der Waals surface area (Å²) in [5, 5.41) is 24.3. The second kappa shape index (κ2) is 11.6. The number of aliphatic hydroxyl groups is 1. The Morgan fingerprint density at radius 3 is 2.23 bits per heavy atom. The van der Waals surface area contributed by atoms with Gasteiger partial charge in [0.1, 0.15) is 24.2 Å². The number of nitrogens with zero attached hydrogens (tertiary/aromatic N) is 3. The average molecular weight is 491 g/mol. The van der Waals surface area contributed by atoms with Crippen molar-refractivity contribution in [1.82, 2.24) is 35.5 Å². The monoisotopic (exact) mass is 490 g/mol. The minimum Gasteiger partial charge on any atom is -0.480 e. The number of carbonyl (C=O) groups is 4. The molecule has 0 aliphatic carbocycles. The lowest BCUT2D eigenvalue weighted by Gasteiger charge is -2.30. The number of aromatic amines is 2. The molecular weight excluding hydrogens is 460 g/mol. The molecule has 2 aromatic heterocycles. The Balaban J connectivity index is 1.73. The zero-order valence-corrected chi connectivity index (χ0v) is 19.2. The summed E-state index contributed by atoms with van der Waals surface area (Å²) in [4.78, 5) is 65.4. The average Bonchev–Trinajstić information content (AvgIpc) is 3.59. The topological polar surface area (TPSA) is 219 Å². The van der Waals surface area contributed by atoms with E-state index in [2.05, 4.69) is 30.6 Å². The highest BCUT2D eigenvalue weighted by atomic mass is 16.4. The summed E-state index contributed by atoms with van der Waals surface area (Å²) in [5.74, 6) is -3.07. The maximum atomic E-state index is 13.5. The molecule has 1 saturated heterocycles. The minimum atomic E-state index is -1.25. The molecule has 14 heteroatoms. The molecule has 5 unspecified atom stereocenters. The first-order chi connectivity index (χ1) is 16.7. The van der Waals surface area contributed by atoms with Crippen LogP contribution in [-0.4, -0.2) is 95.6 Å². The molecule has 1 aliphatic rings. The van der Waals surface area contributed by atoms with Crippen molar-refractivity contribution >= 4 is 23.7 Å². The van der Waals surface area contributed by atoms with Gasteiger partial charge < -0.3 is 41.4 Å². The highest BCUT2D eigenvalue weighted by molar-refractivity contribution is 5.94. The van der Waals surface area contributed by atoms with Gasteiger partial charge in [-0.05, 0) is 19.8 Å². The van der Waals surface area contributed by atoms with Gasteiger partial charge in [-0.1, -0.05) is 0 Å². The molecule has 35 heavy (non-hydrogen) atoms. The summed E-state index contributed by atoms with van der Waals surface area (Å²) in [6.45, 7) is 1.62. The van der Waals surface area contributed by atoms with Crippen molar-refractivity contribution < 1.29 is 29.4 Å². The van der Waals surface area contributed by atoms with Crippen LogP contribution in [0.2, 0.25) is 0 Å². The molecule has 3 rings (SSSR count). The molecule has 1 aliphatic heterocycles. The molecule has 8 N–H and O–H groups in total. The Labute approximate surface area is 200 Å². The summed E-state index contributed by atoms with van der Waals surface area (Å²) in [6.07, 6.45) is 5.59. The van der Waals surface area contributed by atoms with Gasteiger partial charge >= 0.3 is 5.97 Å². The normalized spacial score (nSPS) is 18.9. The number of imidazole rings is 2. The Kier molecular flexibility index (Phi) is 8.54. The lowest BCUT2D eigenvalue weighted by Crippen LogP contribution is -2.58. The van der Waals surface area contributed by atoms with E-state index in [0.717, 1.165) is 0 Å². The number of carbonyl (C=O) groups excluding carboxylic acids is 3. The van der Waals surface area contributed by atoms with E-state index in [1.54, 1.807) is 0 Å². The van der Waals surface area contributed by atoms with Crippen molar-refractivity contribution in [2.24, 2.45) is 5.73 Å². The molecule has 2 aromatic rings. The number of hydrogen-bond donors (Lipinski definition) is 7. The number of nitrogens with one attached hydrogen (secondary N) is 4. The molecule has 0 saturated carbocycles. The third-order valence-corrected chi connectivity index (χ3v) is 5.85. The Morgan fingerprint density at radius 2 is 1.71 bits per heavy atom. The largest absolute Gasteiger partial charge is 0.480 e. The van der Waals surface area contributed by atoms with Gasteiger partial charge in [0.15, 0.2) is 0 Å². The molecule has 190 valence electrons. The van der Waals surface area contributed by atoms with Gasteiger partial charge in [0, 0.05) is 43.2 Å². The predicted octanol–water partition coefficient (Wildman–Crippen LogP) is -2.33. The first-order valence-electron chi connectivity index (χ1n) is 11.2. The third kappa shape index (κ3) is 6.64. The summed E-state index contributed by atoms with van der Waals surface area (Å²) in [7, 11) is 0. The van der Waals surface area contributed by atoms with E-state index in [0.29, 0.717) is 24.2 Å². The number of rotatable bonds is 11. The van der Waals surface area contributed by atoms with Crippen molar-refractivity contribution in [3.8, 4) is 0 Å². The van der Waals surface area contributed by atoms with Crippen LogP contribution in [-0.2, 0) is 32.0 Å². The van der Waals surface area contributed by atoms with E-state index < -0.39 is 54.0 Å². The second-order valence-electron chi connectivity index (χ2n) is 8.48. The van der Waals surface area contributed by atoms with Gasteiger partial charge in [0.2, 0.25) is 17.7 Å². The quantitative estimate of drug-likeness (QED) is 0.179. The van der Waals surface area contributed by atoms with Gasteiger partial charge in [-0.2, -0.15) is 0 Å². The van der Waals surface area contributed by atoms with E-state index >= 15 is 0 Å². The molecule has 0 spiro atoms. The van der Waals surface area contributed by atoms with Crippen LogP contribution in [0.5, 0.6) is 0 Å². The molecule has 3 amide bonds. The third-order valence-electron chi connectivity index (χ3n) is 5.85. The molecule has 3 heterocycles. The number of likely N-dealkylation sites (tertiary alicyclic amines) is 1. The fraction of sp³-hybridized carbons (Fsp3) is 0.524. The van der Waals surface area contributed by atoms with Crippen LogP contribution in [0.1, 0.15) is 31.2 Å². The maximum Gasteiger partial charge on any atom is 0.326 e. The number of aromatic nitrogens is 4. The lowest BCUT2D eigenvalue weighted by molar-refractivity contribution is -0.145. The van der Waals surface area contributed by atoms with Crippen LogP contribution in [0.4, 0.5) is 0 Å². The molecule has 0 aromatic carbocycles. The zero-order chi connectivity index (χ0) is 25.5. The summed E-state index contributed by atoms with van der Waals surface area (Å²) in [5.41, 5.74) is 6.82. The fourth-order valence-electron chi connectivity index (χ4n) is 3.89. The van der Waals surface area contributed by atoms with Gasteiger partial charge in [-0.3, -0.25) is 14.4 Å². The van der Waals surface area contributed by atoms with Crippen molar-refractivity contribution in [3.63, 3.8) is 0 Å². The van der Waals surface area contributed by atoms with E-state index in [1.807, 2.05) is 0 Å². The van der Waals surface area contributed by atoms with E-state index in [9.17, 15) is 29.4 Å². The molecule has 5 atom stereocenters. The fourth-order valence-corrected chi connectivity index (χ4v) is 3.89. The number of aliphatic carboxylic acids is 1. The summed E-state index contributed by atoms with van der Waals surface area (Å²) in [6, 6.07) is -4.45. The highest BCUT2D eigenvalue weighted by Gasteiger charge is 2.39. The zero-order valence-electron chi connectivity index (χ0n) is 19.2. The van der Waals surface area contributed by atoms with E-state index in [-0.39, 0.29) is 19.4 Å². The summed E-state index contributed by atoms with van der Waals surface area (Å²) < 4.78 is 0. The van der Waals surface area contributed by atoms with E-state index in [1.165, 1.54) is 36.9 Å². The number of carboxylic acid groups (broad SMARTS) is 1. The van der Waals surface area contributed by atoms with Crippen molar-refractivity contribution in [1.29, 1.82) is 0 Å². The molecule has 14 nitrogen and oxygen atoms in total. The van der Waals surface area contributed by atoms with Crippen LogP contribution in [0.15, 0.2) is 25.0 Å². The highest BCUT2D eigenvalue weighted by Crippen LogP contribution is 2.20. The number of aliphatic hydroxyl groups excluding tert-OH is 1. The number of H-pyrrole nitrogens is 2. The van der Waals surface area contributed by atoms with Crippen LogP contribution in [0.25, 0.3) is 0 Å². The molecule has 0 radical (unpaired) electrons. The van der Waals surface area contributed by atoms with Gasteiger partial charge in [-0.15, -0.1) is 0 Å². The van der Waals surface area contributed by atoms with Crippen molar-refractivity contribution in [2.75, 3.05) is 6.54 Å². The Morgan fingerprint density at radius 1 is 1.11 bits per heavy atom. The van der Waals surface area contributed by atoms with Gasteiger partial charge in [-0.25, -0.2) is 14.8 Å². The SMILES string of the molecule is CC(O)C(N)C(=O)NC(Cc1cnc[nH]1)C(=O)N1CCCC1C(=O)NC(Cc1cnc[nH]1)C(=O)O. The van der Waals surface area contributed by atoms with Gasteiger partial charge in [0.05, 0.1) is 18.8 Å². The lowest BCUT2D eigenvalue weighted by atomic mass is 10.1. The van der Waals surface area contributed by atoms with Crippen LogP contribution in [0.3, 0.4) is 0 Å². The second-order valence-corrected chi connectivity index (χ2v) is 8.48. The first kappa shape index (κ1) is 25.8. The number of carboxylic acids is 1. The smallest absolute Gasteiger partial charge is 0.326 e. The van der Waals surface area contributed by atoms with Crippen LogP contribution >= 0.6 is 0 Å². The maximum absolute atomic E-state index is 13.5. The number of amides is 3. The van der Waals surface area contributed by atoms with Crippen LogP contribution in [0, 0.1) is 0 Å². The first-order valence-corrected chi connectivity index (χ1v) is 11.2. The van der Waals surface area contributed by atoms with Crippen LogP contribution < -0.4 is 16.4 Å². The van der Waals surface area contributed by atoms with Crippen molar-refractivity contribution in [2.45, 2.75) is 62.9 Å². The molecule has 1 fully saturated rings. The number of nitrogens with two attached hydrogens (primary N) is 1. The summed E-state index contributed by atoms with van der Waals surface area (Å²) >= 11 is 0.